The highest BCUT2D eigenvalue weighted by atomic mass is 16.5. The molecule has 0 saturated heterocycles. The van der Waals surface area contributed by atoms with E-state index in [1.165, 1.54) is 6.92 Å². The van der Waals surface area contributed by atoms with Crippen molar-refractivity contribution < 1.29 is 19.4 Å². The van der Waals surface area contributed by atoms with Gasteiger partial charge in [-0.3, -0.25) is 9.59 Å². The predicted molar refractivity (Wildman–Crippen MR) is 97.1 cm³/mol. The predicted octanol–water partition coefficient (Wildman–Crippen LogP) is 4.29. The number of rotatable bonds is 5. The van der Waals surface area contributed by atoms with Crippen molar-refractivity contribution >= 4 is 28.9 Å². The molecule has 132 valence electrons. The van der Waals surface area contributed by atoms with Gasteiger partial charge in [-0.05, 0) is 51.0 Å². The number of carboxylic acid groups (broad SMARTS) is 1. The zero-order valence-electron chi connectivity index (χ0n) is 15.2. The smallest absolute Gasteiger partial charge is 0.312 e. The van der Waals surface area contributed by atoms with Gasteiger partial charge in [-0.2, -0.15) is 0 Å². The molecule has 5 heteroatoms. The molecule has 1 aromatic heterocycles. The Morgan fingerprint density at radius 3 is 2.56 bits per heavy atom. The lowest BCUT2D eigenvalue weighted by atomic mass is 9.92. The third-order valence-electron chi connectivity index (χ3n) is 4.04. The van der Waals surface area contributed by atoms with Crippen LogP contribution in [0.25, 0.3) is 17.0 Å². The van der Waals surface area contributed by atoms with E-state index in [0.29, 0.717) is 0 Å². The number of pyridine rings is 1. The molecule has 0 aliphatic rings. The monoisotopic (exact) mass is 341 g/mol. The third kappa shape index (κ3) is 4.44. The number of fused-ring (bicyclic) bond motifs is 1. The lowest BCUT2D eigenvalue weighted by Crippen LogP contribution is -2.20. The van der Waals surface area contributed by atoms with E-state index >= 15 is 0 Å². The molecule has 0 aliphatic carbocycles. The lowest BCUT2D eigenvalue weighted by Gasteiger charge is -2.15. The van der Waals surface area contributed by atoms with Crippen molar-refractivity contribution in [2.24, 2.45) is 5.41 Å². The molecule has 0 spiro atoms. The molecule has 1 unspecified atom stereocenters. The van der Waals surface area contributed by atoms with Crippen LogP contribution in [0.4, 0.5) is 0 Å². The van der Waals surface area contributed by atoms with Crippen LogP contribution in [0.15, 0.2) is 30.3 Å². The normalized spacial score (nSPS) is 13.2. The standard InChI is InChI=1S/C20H23NO4/c1-12-10-16-7-6-15(8-9-20(4,5)19(23)24)11-17(16)21-18(12)13(2)25-14(3)22/h6-11,13H,1-5H3,(H,23,24). The fraction of sp³-hybridized carbons (Fsp3) is 0.350. The highest BCUT2D eigenvalue weighted by Gasteiger charge is 2.23. The van der Waals surface area contributed by atoms with E-state index in [1.54, 1.807) is 32.9 Å². The van der Waals surface area contributed by atoms with Crippen molar-refractivity contribution in [3.63, 3.8) is 0 Å². The summed E-state index contributed by atoms with van der Waals surface area (Å²) in [4.78, 5) is 27.0. The van der Waals surface area contributed by atoms with Crippen molar-refractivity contribution in [2.75, 3.05) is 0 Å². The van der Waals surface area contributed by atoms with Gasteiger partial charge >= 0.3 is 11.9 Å². The molecule has 2 aromatic rings. The first kappa shape index (κ1) is 18.6. The summed E-state index contributed by atoms with van der Waals surface area (Å²) in [5.74, 6) is -1.22. The Morgan fingerprint density at radius 2 is 1.96 bits per heavy atom. The summed E-state index contributed by atoms with van der Waals surface area (Å²) >= 11 is 0. The summed E-state index contributed by atoms with van der Waals surface area (Å²) in [5.41, 5.74) is 2.37. The number of hydrogen-bond acceptors (Lipinski definition) is 4. The van der Waals surface area contributed by atoms with Crippen LogP contribution in [0.2, 0.25) is 0 Å². The van der Waals surface area contributed by atoms with Gasteiger partial charge in [-0.25, -0.2) is 4.98 Å². The van der Waals surface area contributed by atoms with Gasteiger partial charge in [0.1, 0.15) is 6.10 Å². The Labute approximate surface area is 147 Å². The SMILES string of the molecule is CC(=O)OC(C)c1nc2cc(C=CC(C)(C)C(=O)O)ccc2cc1C. The van der Waals surface area contributed by atoms with E-state index in [0.717, 1.165) is 27.7 Å². The molecular weight excluding hydrogens is 318 g/mol. The zero-order chi connectivity index (χ0) is 18.8. The summed E-state index contributed by atoms with van der Waals surface area (Å²) in [6.45, 7) is 8.40. The molecule has 1 aromatic carbocycles. The minimum atomic E-state index is -0.940. The van der Waals surface area contributed by atoms with Gasteiger partial charge in [0.2, 0.25) is 0 Å². The highest BCUT2D eigenvalue weighted by molar-refractivity contribution is 5.83. The third-order valence-corrected chi connectivity index (χ3v) is 4.04. The second-order valence-corrected chi connectivity index (χ2v) is 6.75. The molecular formula is C20H23NO4. The minimum Gasteiger partial charge on any atom is -0.481 e. The first-order valence-electron chi connectivity index (χ1n) is 8.11. The molecule has 25 heavy (non-hydrogen) atoms. The van der Waals surface area contributed by atoms with Gasteiger partial charge in [0, 0.05) is 12.3 Å². The summed E-state index contributed by atoms with van der Waals surface area (Å²) in [6.07, 6.45) is 3.02. The summed E-state index contributed by atoms with van der Waals surface area (Å²) in [6, 6.07) is 7.77. The number of carboxylic acids is 1. The van der Waals surface area contributed by atoms with Gasteiger partial charge in [0.05, 0.1) is 16.6 Å². The molecule has 0 fully saturated rings. The van der Waals surface area contributed by atoms with E-state index in [2.05, 4.69) is 4.98 Å². The average Bonchev–Trinajstić information content (AvgIpc) is 2.51. The first-order valence-corrected chi connectivity index (χ1v) is 8.11. The number of aryl methyl sites for hydroxylation is 1. The average molecular weight is 341 g/mol. The Kier molecular flexibility index (Phi) is 5.26. The first-order chi connectivity index (χ1) is 11.6. The maximum absolute atomic E-state index is 11.2. The Hall–Kier alpha value is -2.69. The fourth-order valence-corrected chi connectivity index (χ4v) is 2.50. The maximum atomic E-state index is 11.2. The molecule has 5 nitrogen and oxygen atoms in total. The van der Waals surface area contributed by atoms with Gasteiger partial charge in [0.25, 0.3) is 0 Å². The van der Waals surface area contributed by atoms with Crippen LogP contribution < -0.4 is 0 Å². The molecule has 2 rings (SSSR count). The van der Waals surface area contributed by atoms with Crippen LogP contribution in [-0.4, -0.2) is 22.0 Å². The number of ether oxygens (including phenoxy) is 1. The molecule has 1 atom stereocenters. The largest absolute Gasteiger partial charge is 0.481 e. The second-order valence-electron chi connectivity index (χ2n) is 6.75. The molecule has 1 N–H and O–H groups in total. The molecule has 1 heterocycles. The number of esters is 1. The molecule has 0 saturated carbocycles. The topological polar surface area (TPSA) is 76.5 Å². The van der Waals surface area contributed by atoms with E-state index in [4.69, 9.17) is 4.74 Å². The Balaban J connectivity index is 2.41. The number of aliphatic carboxylic acids is 1. The van der Waals surface area contributed by atoms with Gasteiger partial charge in [0.15, 0.2) is 0 Å². The van der Waals surface area contributed by atoms with Crippen LogP contribution >= 0.6 is 0 Å². The van der Waals surface area contributed by atoms with Crippen molar-refractivity contribution in [3.05, 3.63) is 47.2 Å². The van der Waals surface area contributed by atoms with Crippen LogP contribution in [0.3, 0.4) is 0 Å². The lowest BCUT2D eigenvalue weighted by molar-refractivity contribution is -0.146. The van der Waals surface area contributed by atoms with Crippen molar-refractivity contribution in [2.45, 2.75) is 40.7 Å². The van der Waals surface area contributed by atoms with E-state index in [1.807, 2.05) is 31.2 Å². The molecule has 0 bridgehead atoms. The van der Waals surface area contributed by atoms with Gasteiger partial charge in [-0.15, -0.1) is 0 Å². The number of hydrogen-bond donors (Lipinski definition) is 1. The number of aromatic nitrogens is 1. The fourth-order valence-electron chi connectivity index (χ4n) is 2.50. The number of carbonyl (C=O) groups is 2. The Morgan fingerprint density at radius 1 is 1.28 bits per heavy atom. The van der Waals surface area contributed by atoms with Crippen LogP contribution in [-0.2, 0) is 14.3 Å². The minimum absolute atomic E-state index is 0.346. The van der Waals surface area contributed by atoms with Crippen molar-refractivity contribution in [3.8, 4) is 0 Å². The highest BCUT2D eigenvalue weighted by Crippen LogP contribution is 2.25. The van der Waals surface area contributed by atoms with Gasteiger partial charge < -0.3 is 9.84 Å². The quantitative estimate of drug-likeness (QED) is 0.821. The van der Waals surface area contributed by atoms with Crippen LogP contribution in [0.5, 0.6) is 0 Å². The van der Waals surface area contributed by atoms with Crippen LogP contribution in [0.1, 0.15) is 50.6 Å². The van der Waals surface area contributed by atoms with E-state index < -0.39 is 17.5 Å². The van der Waals surface area contributed by atoms with Gasteiger partial charge in [-0.1, -0.05) is 24.3 Å². The number of carbonyl (C=O) groups excluding carboxylic acids is 1. The molecule has 0 radical (unpaired) electrons. The van der Waals surface area contributed by atoms with E-state index in [9.17, 15) is 14.7 Å². The number of nitrogens with zero attached hydrogens (tertiary/aromatic N) is 1. The molecule has 0 amide bonds. The second kappa shape index (κ2) is 7.05. The molecule has 0 aliphatic heterocycles. The van der Waals surface area contributed by atoms with Crippen LogP contribution in [0, 0.1) is 12.3 Å². The van der Waals surface area contributed by atoms with E-state index in [-0.39, 0.29) is 5.97 Å². The Bertz CT molecular complexity index is 852. The zero-order valence-corrected chi connectivity index (χ0v) is 15.2. The summed E-state index contributed by atoms with van der Waals surface area (Å²) in [7, 11) is 0. The van der Waals surface area contributed by atoms with Crippen molar-refractivity contribution in [1.29, 1.82) is 0 Å². The summed E-state index contributed by atoms with van der Waals surface area (Å²) in [5, 5.41) is 10.2. The maximum Gasteiger partial charge on any atom is 0.312 e. The van der Waals surface area contributed by atoms with Crippen molar-refractivity contribution in [1.82, 2.24) is 4.98 Å². The number of benzene rings is 1. The summed E-state index contributed by atoms with van der Waals surface area (Å²) < 4.78 is 5.23.